The Kier molecular flexibility index (Phi) is 5.08. The monoisotopic (exact) mass is 347 g/mol. The van der Waals surface area contributed by atoms with E-state index in [0.29, 0.717) is 4.91 Å². The van der Waals surface area contributed by atoms with Crippen molar-refractivity contribution in [1.29, 1.82) is 0 Å². The Labute approximate surface area is 145 Å². The van der Waals surface area contributed by atoms with Crippen LogP contribution in [0.5, 0.6) is 0 Å². The Balaban J connectivity index is 1.71. The van der Waals surface area contributed by atoms with Gasteiger partial charge in [0.15, 0.2) is 0 Å². The molecule has 1 aromatic rings. The van der Waals surface area contributed by atoms with Gasteiger partial charge in [-0.05, 0) is 56.2 Å². The molecule has 2 saturated heterocycles. The second kappa shape index (κ2) is 7.25. The predicted molar refractivity (Wildman–Crippen MR) is 93.2 cm³/mol. The van der Waals surface area contributed by atoms with Crippen LogP contribution >= 0.6 is 11.8 Å². The summed E-state index contributed by atoms with van der Waals surface area (Å²) >= 11 is 0.902. The number of aryl methyl sites for hydroxylation is 1. The van der Waals surface area contributed by atoms with Crippen molar-refractivity contribution in [2.24, 2.45) is 0 Å². The highest BCUT2D eigenvalue weighted by atomic mass is 32.2. The Morgan fingerprint density at radius 1 is 1.25 bits per heavy atom. The molecule has 3 heterocycles. The molecule has 0 aliphatic carbocycles. The van der Waals surface area contributed by atoms with E-state index in [1.165, 1.54) is 0 Å². The van der Waals surface area contributed by atoms with Crippen molar-refractivity contribution in [2.75, 3.05) is 19.6 Å². The molecule has 1 aromatic heterocycles. The maximum Gasteiger partial charge on any atom is 0.294 e. The average molecular weight is 347 g/mol. The quantitative estimate of drug-likeness (QED) is 0.785. The van der Waals surface area contributed by atoms with Gasteiger partial charge in [-0.2, -0.15) is 0 Å². The third kappa shape index (κ3) is 3.40. The fourth-order valence-corrected chi connectivity index (χ4v) is 3.82. The standard InChI is InChI=1S/C17H21N3O3S/c1-2-18-10-6-7-13(18)11-14-16(22)20(17(23)24-14)12-15(21)19-8-4-3-5-9-19/h6-7,10-11H,2-5,8-9,12H2,1H3/b14-11-. The molecule has 3 rings (SSSR count). The molecular formula is C17H21N3O3S. The number of amides is 3. The van der Waals surface area contributed by atoms with Crippen molar-refractivity contribution in [2.45, 2.75) is 32.7 Å². The largest absolute Gasteiger partial charge is 0.348 e. The number of rotatable bonds is 4. The van der Waals surface area contributed by atoms with Crippen molar-refractivity contribution in [3.63, 3.8) is 0 Å². The van der Waals surface area contributed by atoms with E-state index < -0.39 is 0 Å². The van der Waals surface area contributed by atoms with E-state index in [2.05, 4.69) is 0 Å². The molecule has 0 unspecified atom stereocenters. The minimum Gasteiger partial charge on any atom is -0.348 e. The predicted octanol–water partition coefficient (Wildman–Crippen LogP) is 2.56. The highest BCUT2D eigenvalue weighted by Gasteiger charge is 2.37. The van der Waals surface area contributed by atoms with Crippen molar-refractivity contribution in [3.8, 4) is 0 Å². The van der Waals surface area contributed by atoms with Gasteiger partial charge in [-0.1, -0.05) is 0 Å². The molecular weight excluding hydrogens is 326 g/mol. The molecule has 0 saturated carbocycles. The first-order valence-electron chi connectivity index (χ1n) is 8.28. The zero-order valence-electron chi connectivity index (χ0n) is 13.7. The Bertz CT molecular complexity index is 689. The molecule has 2 aliphatic heterocycles. The smallest absolute Gasteiger partial charge is 0.294 e. The van der Waals surface area contributed by atoms with Crippen molar-refractivity contribution < 1.29 is 14.4 Å². The number of nitrogens with zero attached hydrogens (tertiary/aromatic N) is 3. The summed E-state index contributed by atoms with van der Waals surface area (Å²) in [4.78, 5) is 40.1. The van der Waals surface area contributed by atoms with E-state index in [4.69, 9.17) is 0 Å². The summed E-state index contributed by atoms with van der Waals surface area (Å²) in [6, 6.07) is 3.80. The normalized spacial score (nSPS) is 20.3. The summed E-state index contributed by atoms with van der Waals surface area (Å²) in [6.07, 6.45) is 6.75. The van der Waals surface area contributed by atoms with Gasteiger partial charge < -0.3 is 9.47 Å². The molecule has 0 atom stereocenters. The summed E-state index contributed by atoms with van der Waals surface area (Å²) in [5.41, 5.74) is 0.880. The van der Waals surface area contributed by atoms with Gasteiger partial charge in [0.05, 0.1) is 4.91 Å². The summed E-state index contributed by atoms with van der Waals surface area (Å²) in [5.74, 6) is -0.519. The number of hydrogen-bond acceptors (Lipinski definition) is 4. The summed E-state index contributed by atoms with van der Waals surface area (Å²) in [5, 5.41) is -0.369. The number of imide groups is 1. The topological polar surface area (TPSA) is 62.6 Å². The highest BCUT2D eigenvalue weighted by molar-refractivity contribution is 8.18. The number of hydrogen-bond donors (Lipinski definition) is 0. The van der Waals surface area contributed by atoms with Crippen LogP contribution in [0, 0.1) is 0 Å². The van der Waals surface area contributed by atoms with Crippen LogP contribution in [0.2, 0.25) is 0 Å². The summed E-state index contributed by atoms with van der Waals surface area (Å²) in [7, 11) is 0. The third-order valence-corrected chi connectivity index (χ3v) is 5.27. The van der Waals surface area contributed by atoms with Gasteiger partial charge in [-0.25, -0.2) is 0 Å². The van der Waals surface area contributed by atoms with Gasteiger partial charge in [0, 0.05) is 31.5 Å². The molecule has 0 aromatic carbocycles. The SMILES string of the molecule is CCn1cccc1/C=C1\SC(=O)N(CC(=O)N2CCCCC2)C1=O. The van der Waals surface area contributed by atoms with Crippen LogP contribution in [0.3, 0.4) is 0 Å². The first-order valence-corrected chi connectivity index (χ1v) is 9.10. The van der Waals surface area contributed by atoms with Crippen LogP contribution in [0.15, 0.2) is 23.2 Å². The van der Waals surface area contributed by atoms with E-state index in [9.17, 15) is 14.4 Å². The molecule has 24 heavy (non-hydrogen) atoms. The zero-order valence-corrected chi connectivity index (χ0v) is 14.6. The van der Waals surface area contributed by atoms with Crippen LogP contribution < -0.4 is 0 Å². The molecule has 2 aliphatic rings. The van der Waals surface area contributed by atoms with Gasteiger partial charge >= 0.3 is 0 Å². The minimum atomic E-state index is -0.376. The second-order valence-corrected chi connectivity index (χ2v) is 6.92. The number of thioether (sulfide) groups is 1. The molecule has 0 spiro atoms. The lowest BCUT2D eigenvalue weighted by molar-refractivity contribution is -0.136. The summed E-state index contributed by atoms with van der Waals surface area (Å²) < 4.78 is 1.99. The lowest BCUT2D eigenvalue weighted by Gasteiger charge is -2.27. The van der Waals surface area contributed by atoms with Crippen LogP contribution in [-0.2, 0) is 16.1 Å². The lowest BCUT2D eigenvalue weighted by Crippen LogP contribution is -2.44. The second-order valence-electron chi connectivity index (χ2n) is 5.93. The van der Waals surface area contributed by atoms with E-state index in [1.807, 2.05) is 29.8 Å². The number of carbonyl (C=O) groups is 3. The molecule has 2 fully saturated rings. The van der Waals surface area contributed by atoms with Crippen LogP contribution in [0.1, 0.15) is 31.9 Å². The number of likely N-dealkylation sites (tertiary alicyclic amines) is 1. The third-order valence-electron chi connectivity index (χ3n) is 4.36. The van der Waals surface area contributed by atoms with Crippen molar-refractivity contribution in [1.82, 2.24) is 14.4 Å². The van der Waals surface area contributed by atoms with Crippen LogP contribution in [0.25, 0.3) is 6.08 Å². The maximum absolute atomic E-state index is 12.5. The minimum absolute atomic E-state index is 0.143. The molecule has 0 bridgehead atoms. The van der Waals surface area contributed by atoms with E-state index in [-0.39, 0.29) is 23.6 Å². The van der Waals surface area contributed by atoms with Gasteiger partial charge in [-0.15, -0.1) is 0 Å². The molecule has 128 valence electrons. The first-order chi connectivity index (χ1) is 11.6. The molecule has 7 heteroatoms. The van der Waals surface area contributed by atoms with Crippen LogP contribution in [-0.4, -0.2) is 51.1 Å². The van der Waals surface area contributed by atoms with Gasteiger partial charge in [0.25, 0.3) is 11.1 Å². The average Bonchev–Trinajstić information content (AvgIpc) is 3.15. The van der Waals surface area contributed by atoms with Gasteiger partial charge in [0.2, 0.25) is 5.91 Å². The molecule has 0 N–H and O–H groups in total. The number of aromatic nitrogens is 1. The zero-order chi connectivity index (χ0) is 17.1. The van der Waals surface area contributed by atoms with Crippen LogP contribution in [0.4, 0.5) is 4.79 Å². The van der Waals surface area contributed by atoms with Gasteiger partial charge in [0.1, 0.15) is 6.54 Å². The Hall–Kier alpha value is -2.02. The lowest BCUT2D eigenvalue weighted by atomic mass is 10.1. The van der Waals surface area contributed by atoms with E-state index in [0.717, 1.165) is 61.3 Å². The fourth-order valence-electron chi connectivity index (χ4n) is 3.00. The van der Waals surface area contributed by atoms with Gasteiger partial charge in [-0.3, -0.25) is 19.3 Å². The fraction of sp³-hybridized carbons (Fsp3) is 0.471. The van der Waals surface area contributed by atoms with Crippen molar-refractivity contribution >= 4 is 34.9 Å². The summed E-state index contributed by atoms with van der Waals surface area (Å²) in [6.45, 7) is 4.08. The van der Waals surface area contributed by atoms with Crippen molar-refractivity contribution in [3.05, 3.63) is 28.9 Å². The molecule has 0 radical (unpaired) electrons. The Morgan fingerprint density at radius 2 is 2.00 bits per heavy atom. The highest BCUT2D eigenvalue weighted by Crippen LogP contribution is 2.32. The molecule has 3 amide bonds. The maximum atomic E-state index is 12.5. The molecule has 6 nitrogen and oxygen atoms in total. The Morgan fingerprint density at radius 3 is 2.71 bits per heavy atom. The van der Waals surface area contributed by atoms with E-state index in [1.54, 1.807) is 11.0 Å². The first kappa shape index (κ1) is 16.8. The number of carbonyl (C=O) groups excluding carboxylic acids is 3. The number of piperidine rings is 1. The van der Waals surface area contributed by atoms with E-state index >= 15 is 0 Å².